The molecule has 0 spiro atoms. The maximum atomic E-state index is 5.59. The molecule has 5 heteroatoms. The first-order valence-electron chi connectivity index (χ1n) is 6.38. The molecule has 0 atom stereocenters. The quantitative estimate of drug-likeness (QED) is 0.667. The lowest BCUT2D eigenvalue weighted by Gasteiger charge is -2.09. The highest BCUT2D eigenvalue weighted by molar-refractivity contribution is 5.86. The summed E-state index contributed by atoms with van der Waals surface area (Å²) in [6.07, 6.45) is 5.49. The van der Waals surface area contributed by atoms with Gasteiger partial charge < -0.3 is 14.0 Å². The minimum atomic E-state index is 0.525. The van der Waals surface area contributed by atoms with Crippen LogP contribution in [-0.4, -0.2) is 34.9 Å². The number of methoxy groups -OCH3 is 1. The summed E-state index contributed by atoms with van der Waals surface area (Å²) < 4.78 is 12.5. The number of fused-ring (bicyclic) bond motifs is 1. The van der Waals surface area contributed by atoms with E-state index in [2.05, 4.69) is 9.97 Å². The van der Waals surface area contributed by atoms with Crippen molar-refractivity contribution in [1.29, 1.82) is 0 Å². The third-order valence-corrected chi connectivity index (χ3v) is 2.99. The predicted molar refractivity (Wildman–Crippen MR) is 76.2 cm³/mol. The Kier molecular flexibility index (Phi) is 3.60. The zero-order valence-electron chi connectivity index (χ0n) is 11.2. The molecule has 2 heterocycles. The summed E-state index contributed by atoms with van der Waals surface area (Å²) in [5, 5.41) is 0.989. The molecule has 0 saturated carbocycles. The first kappa shape index (κ1) is 12.6. The minimum Gasteiger partial charge on any atom is -0.491 e. The smallest absolute Gasteiger partial charge is 0.147 e. The van der Waals surface area contributed by atoms with Crippen molar-refractivity contribution >= 4 is 10.9 Å². The second-order valence-corrected chi connectivity index (χ2v) is 4.31. The van der Waals surface area contributed by atoms with E-state index < -0.39 is 0 Å². The molecule has 3 rings (SSSR count). The van der Waals surface area contributed by atoms with E-state index in [0.29, 0.717) is 13.2 Å². The Balaban J connectivity index is 1.96. The Labute approximate surface area is 116 Å². The molecule has 0 fully saturated rings. The van der Waals surface area contributed by atoms with Crippen LogP contribution in [0.5, 0.6) is 5.75 Å². The van der Waals surface area contributed by atoms with Crippen LogP contribution >= 0.6 is 0 Å². The number of benzene rings is 1. The van der Waals surface area contributed by atoms with Crippen LogP contribution in [0, 0.1) is 0 Å². The molecule has 0 bridgehead atoms. The summed E-state index contributed by atoms with van der Waals surface area (Å²) >= 11 is 0. The van der Waals surface area contributed by atoms with Crippen molar-refractivity contribution < 1.29 is 9.47 Å². The fourth-order valence-corrected chi connectivity index (χ4v) is 2.04. The maximum absolute atomic E-state index is 5.59. The van der Waals surface area contributed by atoms with Crippen LogP contribution in [0.15, 0.2) is 49.1 Å². The van der Waals surface area contributed by atoms with Crippen molar-refractivity contribution in [1.82, 2.24) is 14.5 Å². The standard InChI is InChI=1S/C15H15N3O2/c1-19-8-9-20-12-4-5-13-14(10-12)16-11-17-15(13)18-6-2-3-7-18/h2-7,10-11H,8-9H2,1H3. The third-order valence-electron chi connectivity index (χ3n) is 2.99. The van der Waals surface area contributed by atoms with Gasteiger partial charge >= 0.3 is 0 Å². The molecular weight excluding hydrogens is 254 g/mol. The SMILES string of the molecule is COCCOc1ccc2c(-n3cccc3)ncnc2c1. The molecule has 2 aromatic heterocycles. The number of nitrogens with zero attached hydrogens (tertiary/aromatic N) is 3. The number of hydrogen-bond acceptors (Lipinski definition) is 4. The normalized spacial score (nSPS) is 10.8. The molecule has 0 aliphatic rings. The fraction of sp³-hybridized carbons (Fsp3) is 0.200. The molecule has 0 aliphatic heterocycles. The zero-order chi connectivity index (χ0) is 13.8. The summed E-state index contributed by atoms with van der Waals surface area (Å²) in [6, 6.07) is 9.76. The molecule has 0 unspecified atom stereocenters. The van der Waals surface area contributed by atoms with Crippen molar-refractivity contribution in [2.45, 2.75) is 0 Å². The molecule has 0 amide bonds. The summed E-state index contributed by atoms with van der Waals surface area (Å²) in [7, 11) is 1.65. The average Bonchev–Trinajstić information content (AvgIpc) is 3.01. The van der Waals surface area contributed by atoms with Gasteiger partial charge in [-0.25, -0.2) is 9.97 Å². The van der Waals surface area contributed by atoms with Gasteiger partial charge in [0, 0.05) is 31.0 Å². The maximum Gasteiger partial charge on any atom is 0.147 e. The lowest BCUT2D eigenvalue weighted by molar-refractivity contribution is 0.146. The Morgan fingerprint density at radius 1 is 1.10 bits per heavy atom. The van der Waals surface area contributed by atoms with Gasteiger partial charge in [-0.2, -0.15) is 0 Å². The van der Waals surface area contributed by atoms with Gasteiger partial charge in [-0.1, -0.05) is 0 Å². The van der Waals surface area contributed by atoms with Crippen molar-refractivity contribution in [2.75, 3.05) is 20.3 Å². The Morgan fingerprint density at radius 3 is 2.75 bits per heavy atom. The molecule has 3 aromatic rings. The molecule has 20 heavy (non-hydrogen) atoms. The van der Waals surface area contributed by atoms with Gasteiger partial charge in [-0.05, 0) is 24.3 Å². The fourth-order valence-electron chi connectivity index (χ4n) is 2.04. The predicted octanol–water partition coefficient (Wildman–Crippen LogP) is 2.45. The van der Waals surface area contributed by atoms with E-state index in [-0.39, 0.29) is 0 Å². The van der Waals surface area contributed by atoms with Crippen LogP contribution in [-0.2, 0) is 4.74 Å². The largest absolute Gasteiger partial charge is 0.491 e. The number of ether oxygens (including phenoxy) is 2. The summed E-state index contributed by atoms with van der Waals surface area (Å²) in [5.41, 5.74) is 0.860. The average molecular weight is 269 g/mol. The Bertz CT molecular complexity index is 695. The molecule has 102 valence electrons. The molecule has 0 radical (unpaired) electrons. The number of hydrogen-bond donors (Lipinski definition) is 0. The van der Waals surface area contributed by atoms with Gasteiger partial charge in [0.1, 0.15) is 24.5 Å². The van der Waals surface area contributed by atoms with Gasteiger partial charge in [0.2, 0.25) is 0 Å². The lowest BCUT2D eigenvalue weighted by atomic mass is 10.2. The van der Waals surface area contributed by atoms with Crippen molar-refractivity contribution in [2.24, 2.45) is 0 Å². The second-order valence-electron chi connectivity index (χ2n) is 4.31. The van der Waals surface area contributed by atoms with E-state index in [0.717, 1.165) is 22.5 Å². The van der Waals surface area contributed by atoms with E-state index in [1.165, 1.54) is 0 Å². The molecule has 5 nitrogen and oxygen atoms in total. The highest BCUT2D eigenvalue weighted by Gasteiger charge is 2.06. The monoisotopic (exact) mass is 269 g/mol. The molecule has 0 saturated heterocycles. The van der Waals surface area contributed by atoms with Crippen LogP contribution in [0.1, 0.15) is 0 Å². The zero-order valence-corrected chi connectivity index (χ0v) is 11.2. The first-order chi connectivity index (χ1) is 9.88. The van der Waals surface area contributed by atoms with Crippen molar-refractivity contribution in [3.63, 3.8) is 0 Å². The highest BCUT2D eigenvalue weighted by Crippen LogP contribution is 2.23. The molecular formula is C15H15N3O2. The third kappa shape index (κ3) is 2.48. The van der Waals surface area contributed by atoms with Gasteiger partial charge in [0.05, 0.1) is 12.1 Å². The lowest BCUT2D eigenvalue weighted by Crippen LogP contribution is -2.04. The molecule has 0 aliphatic carbocycles. The van der Waals surface area contributed by atoms with E-state index >= 15 is 0 Å². The van der Waals surface area contributed by atoms with Gasteiger partial charge in [0.25, 0.3) is 0 Å². The number of rotatable bonds is 5. The minimum absolute atomic E-state index is 0.525. The highest BCUT2D eigenvalue weighted by atomic mass is 16.5. The van der Waals surface area contributed by atoms with Crippen LogP contribution in [0.3, 0.4) is 0 Å². The summed E-state index contributed by atoms with van der Waals surface area (Å²) in [4.78, 5) is 8.65. The van der Waals surface area contributed by atoms with E-state index in [4.69, 9.17) is 9.47 Å². The molecule has 1 aromatic carbocycles. The van der Waals surface area contributed by atoms with Gasteiger partial charge in [0.15, 0.2) is 0 Å². The van der Waals surface area contributed by atoms with E-state index in [1.807, 2.05) is 47.3 Å². The van der Waals surface area contributed by atoms with Crippen molar-refractivity contribution in [3.8, 4) is 11.6 Å². The van der Waals surface area contributed by atoms with E-state index in [9.17, 15) is 0 Å². The summed E-state index contributed by atoms with van der Waals surface area (Å²) in [6.45, 7) is 1.09. The topological polar surface area (TPSA) is 49.2 Å². The summed E-state index contributed by atoms with van der Waals surface area (Å²) in [5.74, 6) is 1.65. The van der Waals surface area contributed by atoms with Gasteiger partial charge in [-0.3, -0.25) is 0 Å². The Morgan fingerprint density at radius 2 is 1.95 bits per heavy atom. The van der Waals surface area contributed by atoms with Crippen molar-refractivity contribution in [3.05, 3.63) is 49.1 Å². The van der Waals surface area contributed by atoms with Crippen LogP contribution in [0.25, 0.3) is 16.7 Å². The molecule has 0 N–H and O–H groups in total. The number of aromatic nitrogens is 3. The second kappa shape index (κ2) is 5.71. The van der Waals surface area contributed by atoms with Crippen LogP contribution in [0.4, 0.5) is 0 Å². The van der Waals surface area contributed by atoms with Gasteiger partial charge in [-0.15, -0.1) is 0 Å². The first-order valence-corrected chi connectivity index (χ1v) is 6.38. The van der Waals surface area contributed by atoms with Crippen LogP contribution in [0.2, 0.25) is 0 Å². The Hall–Kier alpha value is -2.40. The van der Waals surface area contributed by atoms with Crippen LogP contribution < -0.4 is 4.74 Å². The van der Waals surface area contributed by atoms with E-state index in [1.54, 1.807) is 13.4 Å².